The van der Waals surface area contributed by atoms with Crippen LogP contribution in [-0.4, -0.2) is 44.7 Å². The van der Waals surface area contributed by atoms with Crippen LogP contribution in [0.5, 0.6) is 0 Å². The minimum atomic E-state index is -0.986. The molecule has 0 aliphatic heterocycles. The largest absolute Gasteiger partial charge is 0.456 e. The van der Waals surface area contributed by atoms with Crippen LogP contribution in [-0.2, 0) is 28.5 Å². The van der Waals surface area contributed by atoms with Gasteiger partial charge in [-0.2, -0.15) is 0 Å². The van der Waals surface area contributed by atoms with Crippen LogP contribution in [0.25, 0.3) is 0 Å². The fourth-order valence-electron chi connectivity index (χ4n) is 0.886. The van der Waals surface area contributed by atoms with Gasteiger partial charge in [0.15, 0.2) is 6.61 Å². The summed E-state index contributed by atoms with van der Waals surface area (Å²) in [6.07, 6.45) is 1.01. The van der Waals surface area contributed by atoms with E-state index in [0.717, 1.165) is 12.2 Å². The average molecular weight is 258 g/mol. The van der Waals surface area contributed by atoms with E-state index in [1.54, 1.807) is 0 Å². The first-order valence-electron chi connectivity index (χ1n) is 5.45. The highest BCUT2D eigenvalue weighted by atomic mass is 16.7. The van der Waals surface area contributed by atoms with Crippen LogP contribution >= 0.6 is 0 Å². The molecule has 18 heavy (non-hydrogen) atoms. The Morgan fingerprint density at radius 2 is 1.83 bits per heavy atom. The predicted octanol–water partition coefficient (Wildman–Crippen LogP) is 0.824. The van der Waals surface area contributed by atoms with E-state index < -0.39 is 18.2 Å². The van der Waals surface area contributed by atoms with E-state index in [4.69, 9.17) is 18.9 Å². The lowest BCUT2D eigenvalue weighted by Crippen LogP contribution is -2.28. The summed E-state index contributed by atoms with van der Waals surface area (Å²) < 4.78 is 19.8. The van der Waals surface area contributed by atoms with Crippen molar-refractivity contribution in [3.05, 3.63) is 25.3 Å². The van der Waals surface area contributed by atoms with Crippen molar-refractivity contribution in [1.82, 2.24) is 0 Å². The van der Waals surface area contributed by atoms with E-state index in [0.29, 0.717) is 13.2 Å². The molecule has 0 bridgehead atoms. The molecule has 0 heterocycles. The van der Waals surface area contributed by atoms with Crippen LogP contribution in [0.15, 0.2) is 25.3 Å². The van der Waals surface area contributed by atoms with Crippen LogP contribution < -0.4 is 0 Å². The molecule has 0 radical (unpaired) electrons. The van der Waals surface area contributed by atoms with Gasteiger partial charge in [0.25, 0.3) is 0 Å². The molecular formula is C12H18O6. The molecule has 0 rings (SSSR count). The Morgan fingerprint density at radius 3 is 2.39 bits per heavy atom. The zero-order chi connectivity index (χ0) is 13.8. The monoisotopic (exact) mass is 258 g/mol. The van der Waals surface area contributed by atoms with Gasteiger partial charge in [0, 0.05) is 18.8 Å². The zero-order valence-electron chi connectivity index (χ0n) is 10.4. The van der Waals surface area contributed by atoms with Crippen molar-refractivity contribution in [3.8, 4) is 0 Å². The SMILES string of the molecule is C=CC(=O)OCC(OCCOCC)OC(=O)C=C. The van der Waals surface area contributed by atoms with Gasteiger partial charge in [0.05, 0.1) is 13.2 Å². The number of esters is 2. The Kier molecular flexibility index (Phi) is 9.52. The zero-order valence-corrected chi connectivity index (χ0v) is 10.4. The maximum Gasteiger partial charge on any atom is 0.332 e. The Morgan fingerprint density at radius 1 is 1.17 bits per heavy atom. The molecule has 0 fully saturated rings. The summed E-state index contributed by atoms with van der Waals surface area (Å²) in [5.74, 6) is -1.28. The highest BCUT2D eigenvalue weighted by Gasteiger charge is 2.15. The number of carbonyl (C=O) groups excluding carboxylic acids is 2. The van der Waals surface area contributed by atoms with Gasteiger partial charge in [-0.25, -0.2) is 9.59 Å². The number of hydrogen-bond donors (Lipinski definition) is 0. The lowest BCUT2D eigenvalue weighted by Gasteiger charge is -2.17. The smallest absolute Gasteiger partial charge is 0.332 e. The van der Waals surface area contributed by atoms with Crippen LogP contribution in [0, 0.1) is 0 Å². The number of hydrogen-bond acceptors (Lipinski definition) is 6. The van der Waals surface area contributed by atoms with Crippen LogP contribution in [0.2, 0.25) is 0 Å². The Balaban J connectivity index is 4.06. The predicted molar refractivity (Wildman–Crippen MR) is 63.7 cm³/mol. The van der Waals surface area contributed by atoms with Crippen molar-refractivity contribution in [1.29, 1.82) is 0 Å². The molecule has 0 aromatic rings. The first kappa shape index (κ1) is 16.3. The van der Waals surface area contributed by atoms with E-state index in [2.05, 4.69) is 13.2 Å². The van der Waals surface area contributed by atoms with Crippen molar-refractivity contribution < 1.29 is 28.5 Å². The summed E-state index contributed by atoms with van der Waals surface area (Å²) in [5, 5.41) is 0. The fourth-order valence-corrected chi connectivity index (χ4v) is 0.886. The minimum Gasteiger partial charge on any atom is -0.456 e. The molecule has 102 valence electrons. The Bertz CT molecular complexity index is 286. The molecule has 0 aromatic carbocycles. The van der Waals surface area contributed by atoms with E-state index in [-0.39, 0.29) is 13.2 Å². The third-order valence-electron chi connectivity index (χ3n) is 1.68. The Hall–Kier alpha value is -1.66. The topological polar surface area (TPSA) is 71.1 Å². The normalized spacial score (nSPS) is 11.4. The average Bonchev–Trinajstić information content (AvgIpc) is 2.39. The third-order valence-corrected chi connectivity index (χ3v) is 1.68. The molecule has 1 atom stereocenters. The minimum absolute atomic E-state index is 0.212. The maximum atomic E-state index is 11.0. The second-order valence-electron chi connectivity index (χ2n) is 2.97. The first-order chi connectivity index (χ1) is 8.63. The molecule has 0 amide bonds. The summed E-state index contributed by atoms with van der Waals surface area (Å²) in [6.45, 7) is 9.27. The molecule has 0 spiro atoms. The highest BCUT2D eigenvalue weighted by Crippen LogP contribution is 1.99. The lowest BCUT2D eigenvalue weighted by molar-refractivity contribution is -0.191. The quantitative estimate of drug-likeness (QED) is 0.250. The molecular weight excluding hydrogens is 240 g/mol. The maximum absolute atomic E-state index is 11.0. The summed E-state index contributed by atoms with van der Waals surface area (Å²) in [5.41, 5.74) is 0. The fraction of sp³-hybridized carbons (Fsp3) is 0.500. The summed E-state index contributed by atoms with van der Waals surface area (Å²) >= 11 is 0. The van der Waals surface area contributed by atoms with Gasteiger partial charge in [0.2, 0.25) is 6.29 Å². The van der Waals surface area contributed by atoms with Crippen molar-refractivity contribution in [2.75, 3.05) is 26.4 Å². The second-order valence-corrected chi connectivity index (χ2v) is 2.97. The van der Waals surface area contributed by atoms with Crippen molar-refractivity contribution in [2.45, 2.75) is 13.2 Å². The van der Waals surface area contributed by atoms with E-state index in [1.165, 1.54) is 0 Å². The van der Waals surface area contributed by atoms with Crippen LogP contribution in [0.1, 0.15) is 6.92 Å². The van der Waals surface area contributed by atoms with Gasteiger partial charge < -0.3 is 18.9 Å². The van der Waals surface area contributed by atoms with Gasteiger partial charge in [-0.15, -0.1) is 0 Å². The van der Waals surface area contributed by atoms with Gasteiger partial charge in [-0.3, -0.25) is 0 Å². The summed E-state index contributed by atoms with van der Waals surface area (Å²) in [6, 6.07) is 0. The molecule has 0 aromatic heterocycles. The summed E-state index contributed by atoms with van der Waals surface area (Å²) in [4.78, 5) is 21.9. The third kappa shape index (κ3) is 8.49. The molecule has 0 aliphatic carbocycles. The standard InChI is InChI=1S/C12H18O6/c1-4-10(13)17-9-12(18-11(14)5-2)16-8-7-15-6-3/h4-5,12H,1-2,6-9H2,3H3. The second kappa shape index (κ2) is 10.5. The molecule has 0 saturated carbocycles. The van der Waals surface area contributed by atoms with Gasteiger partial charge in [-0.05, 0) is 6.92 Å². The molecule has 6 heteroatoms. The summed E-state index contributed by atoms with van der Waals surface area (Å²) in [7, 11) is 0. The Labute approximate surface area is 106 Å². The van der Waals surface area contributed by atoms with Crippen LogP contribution in [0.4, 0.5) is 0 Å². The van der Waals surface area contributed by atoms with E-state index in [1.807, 2.05) is 6.92 Å². The van der Waals surface area contributed by atoms with E-state index >= 15 is 0 Å². The number of rotatable bonds is 10. The molecule has 0 aliphatic rings. The molecule has 6 nitrogen and oxygen atoms in total. The van der Waals surface area contributed by atoms with Crippen molar-refractivity contribution in [2.24, 2.45) is 0 Å². The van der Waals surface area contributed by atoms with Gasteiger partial charge in [-0.1, -0.05) is 13.2 Å². The van der Waals surface area contributed by atoms with Crippen molar-refractivity contribution >= 4 is 11.9 Å². The first-order valence-corrected chi connectivity index (χ1v) is 5.45. The molecule has 1 unspecified atom stereocenters. The van der Waals surface area contributed by atoms with Gasteiger partial charge >= 0.3 is 11.9 Å². The molecule has 0 saturated heterocycles. The highest BCUT2D eigenvalue weighted by molar-refractivity contribution is 5.82. The van der Waals surface area contributed by atoms with Crippen LogP contribution in [0.3, 0.4) is 0 Å². The number of ether oxygens (including phenoxy) is 4. The van der Waals surface area contributed by atoms with E-state index in [9.17, 15) is 9.59 Å². The lowest BCUT2D eigenvalue weighted by atomic mass is 10.6. The number of carbonyl (C=O) groups is 2. The van der Waals surface area contributed by atoms with Gasteiger partial charge in [0.1, 0.15) is 0 Å². The molecule has 0 N–H and O–H groups in total. The van der Waals surface area contributed by atoms with Crippen molar-refractivity contribution in [3.63, 3.8) is 0 Å².